The van der Waals surface area contributed by atoms with E-state index in [1.807, 2.05) is 6.07 Å². The van der Waals surface area contributed by atoms with Crippen molar-refractivity contribution in [2.24, 2.45) is 0 Å². The summed E-state index contributed by atoms with van der Waals surface area (Å²) in [4.78, 5) is 0. The highest BCUT2D eigenvalue weighted by molar-refractivity contribution is 7.71. The average molecular weight is 210 g/mol. The molecule has 76 valence electrons. The molecular formula is C9H14N4S. The van der Waals surface area contributed by atoms with Crippen molar-refractivity contribution in [3.8, 4) is 0 Å². The first-order chi connectivity index (χ1) is 6.52. The fraction of sp³-hybridized carbons (Fsp3) is 0.444. The van der Waals surface area contributed by atoms with Crippen LogP contribution in [0.1, 0.15) is 26.3 Å². The van der Waals surface area contributed by atoms with Crippen molar-refractivity contribution in [3.63, 3.8) is 0 Å². The molecule has 0 aliphatic heterocycles. The lowest BCUT2D eigenvalue weighted by molar-refractivity contribution is 0.585. The number of rotatable bonds is 0. The largest absolute Gasteiger partial charge is 0.266 e. The van der Waals surface area contributed by atoms with Gasteiger partial charge in [0.1, 0.15) is 11.0 Å². The van der Waals surface area contributed by atoms with Gasteiger partial charge < -0.3 is 0 Å². The third-order valence-electron chi connectivity index (χ3n) is 1.73. The first-order valence-electron chi connectivity index (χ1n) is 4.33. The van der Waals surface area contributed by atoms with Crippen LogP contribution in [0.4, 0.5) is 0 Å². The Bertz CT molecular complexity index is 398. The van der Waals surface area contributed by atoms with Gasteiger partial charge in [-0.15, -0.1) is 0 Å². The number of hydrogen-bond donors (Lipinski definition) is 2. The lowest BCUT2D eigenvalue weighted by Gasteiger charge is -2.16. The third kappa shape index (κ3) is 2.92. The molecule has 0 spiro atoms. The Labute approximate surface area is 88.1 Å². The first kappa shape index (κ1) is 10.8. The Morgan fingerprint density at radius 1 is 1.29 bits per heavy atom. The second-order valence-corrected chi connectivity index (χ2v) is 4.34. The summed E-state index contributed by atoms with van der Waals surface area (Å²) < 4.78 is 0.629. The predicted molar refractivity (Wildman–Crippen MR) is 57.9 cm³/mol. The smallest absolute Gasteiger partial charge is 0.129 e. The number of hydrogen-bond acceptors (Lipinski definition) is 3. The summed E-state index contributed by atoms with van der Waals surface area (Å²) in [6, 6.07) is 1.89. The molecule has 1 rings (SSSR count). The van der Waals surface area contributed by atoms with Gasteiger partial charge in [0, 0.05) is 6.20 Å². The maximum absolute atomic E-state index is 5.20. The van der Waals surface area contributed by atoms with E-state index < -0.39 is 0 Å². The van der Waals surface area contributed by atoms with E-state index in [4.69, 9.17) is 12.2 Å². The van der Waals surface area contributed by atoms with E-state index in [0.717, 1.165) is 5.56 Å². The van der Waals surface area contributed by atoms with E-state index >= 15 is 0 Å². The van der Waals surface area contributed by atoms with Crippen molar-refractivity contribution in [2.75, 3.05) is 0 Å². The van der Waals surface area contributed by atoms with Crippen LogP contribution in [-0.2, 0) is 5.41 Å². The highest BCUT2D eigenvalue weighted by atomic mass is 32.1. The fourth-order valence-electron chi connectivity index (χ4n) is 1.03. The summed E-state index contributed by atoms with van der Waals surface area (Å²) in [5.74, 6) is 0. The van der Waals surface area contributed by atoms with Gasteiger partial charge in [-0.25, -0.2) is 0 Å². The van der Waals surface area contributed by atoms with Gasteiger partial charge in [0.2, 0.25) is 0 Å². The Morgan fingerprint density at radius 3 is 2.64 bits per heavy atom. The van der Waals surface area contributed by atoms with Crippen LogP contribution >= 0.6 is 12.2 Å². The molecule has 4 nitrogen and oxygen atoms in total. The van der Waals surface area contributed by atoms with Crippen LogP contribution in [0.5, 0.6) is 0 Å². The van der Waals surface area contributed by atoms with Gasteiger partial charge in [-0.05, 0) is 17.0 Å². The monoisotopic (exact) mass is 210 g/mol. The van der Waals surface area contributed by atoms with Crippen molar-refractivity contribution in [3.05, 3.63) is 28.8 Å². The Hall–Kier alpha value is -1.23. The molecule has 0 aromatic carbocycles. The van der Waals surface area contributed by atoms with E-state index in [9.17, 15) is 0 Å². The zero-order valence-electron chi connectivity index (χ0n) is 8.53. The molecule has 1 aromatic rings. The molecule has 1 heterocycles. The maximum Gasteiger partial charge on any atom is 0.129 e. The zero-order chi connectivity index (χ0) is 10.6. The number of nitrogens with zero attached hydrogens (tertiary/aromatic N) is 2. The normalized spacial score (nSPS) is 10.8. The quantitative estimate of drug-likeness (QED) is 0.646. The highest BCUT2D eigenvalue weighted by Gasteiger charge is 2.14. The van der Waals surface area contributed by atoms with Crippen LogP contribution in [0.2, 0.25) is 0 Å². The highest BCUT2D eigenvalue weighted by Crippen LogP contribution is 2.20. The Morgan fingerprint density at radius 2 is 2.00 bits per heavy atom. The van der Waals surface area contributed by atoms with E-state index in [-0.39, 0.29) is 5.41 Å². The van der Waals surface area contributed by atoms with Crippen molar-refractivity contribution in [2.45, 2.75) is 26.2 Å². The summed E-state index contributed by atoms with van der Waals surface area (Å²) in [5.41, 5.74) is 0.993. The minimum Gasteiger partial charge on any atom is -0.266 e. The van der Waals surface area contributed by atoms with Gasteiger partial charge in [0.15, 0.2) is 0 Å². The summed E-state index contributed by atoms with van der Waals surface area (Å²) in [7, 11) is 0. The first-order valence-corrected chi connectivity index (χ1v) is 4.74. The second-order valence-electron chi connectivity index (χ2n) is 3.94. The standard InChI is InChI=1S/C9H14N4S/c1-9(2,3)7-4-5-10-11-6-12-13-8(7)14/h4-6H,1-3H3,(H,11,12)(H,13,14). The van der Waals surface area contributed by atoms with Gasteiger partial charge in [-0.2, -0.15) is 10.2 Å². The van der Waals surface area contributed by atoms with Crippen LogP contribution in [0.25, 0.3) is 0 Å². The molecule has 0 atom stereocenters. The molecule has 0 aliphatic rings. The summed E-state index contributed by atoms with van der Waals surface area (Å²) >= 11 is 5.20. The fourth-order valence-corrected chi connectivity index (χ4v) is 1.46. The summed E-state index contributed by atoms with van der Waals surface area (Å²) in [6.45, 7) is 6.28. The van der Waals surface area contributed by atoms with E-state index in [1.54, 1.807) is 6.20 Å². The van der Waals surface area contributed by atoms with E-state index in [2.05, 4.69) is 41.2 Å². The van der Waals surface area contributed by atoms with E-state index in [0.29, 0.717) is 4.64 Å². The second kappa shape index (κ2) is 4.32. The Balaban J connectivity index is 3.47. The van der Waals surface area contributed by atoms with Crippen LogP contribution in [0.3, 0.4) is 0 Å². The third-order valence-corrected chi connectivity index (χ3v) is 2.04. The molecular weight excluding hydrogens is 196 g/mol. The zero-order valence-corrected chi connectivity index (χ0v) is 9.35. The van der Waals surface area contributed by atoms with Gasteiger partial charge in [0.25, 0.3) is 0 Å². The lowest BCUT2D eigenvalue weighted by Crippen LogP contribution is -2.11. The van der Waals surface area contributed by atoms with Crippen LogP contribution < -0.4 is 0 Å². The molecule has 0 aliphatic carbocycles. The molecule has 1 aromatic heterocycles. The molecule has 0 amide bonds. The lowest BCUT2D eigenvalue weighted by atomic mass is 9.89. The van der Waals surface area contributed by atoms with Crippen molar-refractivity contribution < 1.29 is 0 Å². The summed E-state index contributed by atoms with van der Waals surface area (Å²) in [6.07, 6.45) is 3.12. The topological polar surface area (TPSA) is 57.4 Å². The molecule has 2 N–H and O–H groups in total. The molecule has 5 heteroatoms. The molecule has 0 saturated heterocycles. The number of aromatic amines is 2. The molecule has 0 radical (unpaired) electrons. The average Bonchev–Trinajstić information content (AvgIpc) is 2.15. The number of aromatic nitrogens is 4. The SMILES string of the molecule is CC(C)(C)c1ccn[nH]cn[nH]c1=S. The van der Waals surface area contributed by atoms with Gasteiger partial charge in [-0.1, -0.05) is 33.0 Å². The van der Waals surface area contributed by atoms with Crippen molar-refractivity contribution in [1.82, 2.24) is 20.4 Å². The molecule has 14 heavy (non-hydrogen) atoms. The van der Waals surface area contributed by atoms with Gasteiger partial charge in [-0.3, -0.25) is 10.2 Å². The van der Waals surface area contributed by atoms with Crippen molar-refractivity contribution in [1.29, 1.82) is 0 Å². The van der Waals surface area contributed by atoms with Crippen LogP contribution in [0, 0.1) is 4.64 Å². The predicted octanol–water partition coefficient (Wildman–Crippen LogP) is 2.28. The Kier molecular flexibility index (Phi) is 3.35. The summed E-state index contributed by atoms with van der Waals surface area (Å²) in [5, 5.41) is 13.1. The minimum absolute atomic E-state index is 0.0179. The van der Waals surface area contributed by atoms with Gasteiger partial charge in [0.05, 0.1) is 0 Å². The molecule has 0 bridgehead atoms. The van der Waals surface area contributed by atoms with Gasteiger partial charge >= 0.3 is 0 Å². The van der Waals surface area contributed by atoms with E-state index in [1.165, 1.54) is 6.33 Å². The maximum atomic E-state index is 5.20. The minimum atomic E-state index is -0.0179. The number of nitrogens with one attached hydrogen (secondary N) is 2. The van der Waals surface area contributed by atoms with Crippen LogP contribution in [-0.4, -0.2) is 20.4 Å². The van der Waals surface area contributed by atoms with Crippen molar-refractivity contribution >= 4 is 12.2 Å². The molecule has 0 fully saturated rings. The van der Waals surface area contributed by atoms with Crippen LogP contribution in [0.15, 0.2) is 18.6 Å². The molecule has 0 saturated carbocycles. The number of H-pyrrole nitrogens is 2. The molecule has 0 unspecified atom stereocenters.